The second kappa shape index (κ2) is 7.87. The van der Waals surface area contributed by atoms with Gasteiger partial charge in [0.05, 0.1) is 30.5 Å². The zero-order chi connectivity index (χ0) is 19.4. The predicted octanol–water partition coefficient (Wildman–Crippen LogP) is 2.34. The van der Waals surface area contributed by atoms with Crippen molar-refractivity contribution >= 4 is 28.9 Å². The summed E-state index contributed by atoms with van der Waals surface area (Å²) in [6.45, 7) is 0.322. The zero-order valence-electron chi connectivity index (χ0n) is 14.2. The van der Waals surface area contributed by atoms with Crippen LogP contribution in [0.15, 0.2) is 42.9 Å². The Bertz CT molecular complexity index is 966. The molecule has 0 saturated carbocycles. The maximum atomic E-state index is 12.1. The summed E-state index contributed by atoms with van der Waals surface area (Å²) < 4.78 is 7.64. The number of carbonyl (C=O) groups excluding carboxylic acids is 1. The van der Waals surface area contributed by atoms with Gasteiger partial charge in [0.1, 0.15) is 12.7 Å². The SMILES string of the molecule is COc1nn(CC(=O)Nc2cnn(Cc3ccc(Cl)cc3)c2)cc1[N+](=O)[O-]. The lowest BCUT2D eigenvalue weighted by molar-refractivity contribution is -0.385. The van der Waals surface area contributed by atoms with Crippen molar-refractivity contribution in [1.29, 1.82) is 0 Å². The van der Waals surface area contributed by atoms with Crippen LogP contribution in [-0.2, 0) is 17.9 Å². The fourth-order valence-corrected chi connectivity index (χ4v) is 2.51. The number of ether oxygens (including phenoxy) is 1. The number of anilines is 1. The van der Waals surface area contributed by atoms with Gasteiger partial charge in [-0.2, -0.15) is 5.10 Å². The molecule has 0 aliphatic rings. The monoisotopic (exact) mass is 390 g/mol. The lowest BCUT2D eigenvalue weighted by atomic mass is 10.2. The molecule has 0 fully saturated rings. The first kappa shape index (κ1) is 18.4. The van der Waals surface area contributed by atoms with E-state index in [0.29, 0.717) is 17.3 Å². The van der Waals surface area contributed by atoms with E-state index in [9.17, 15) is 14.9 Å². The summed E-state index contributed by atoms with van der Waals surface area (Å²) in [6, 6.07) is 7.36. The van der Waals surface area contributed by atoms with Crippen LogP contribution in [0.2, 0.25) is 5.02 Å². The van der Waals surface area contributed by atoms with Gasteiger partial charge in [-0.15, -0.1) is 5.10 Å². The number of nitrogens with one attached hydrogen (secondary N) is 1. The van der Waals surface area contributed by atoms with E-state index in [1.165, 1.54) is 13.3 Å². The molecule has 2 heterocycles. The Hall–Kier alpha value is -3.40. The molecular formula is C16H15ClN6O4. The van der Waals surface area contributed by atoms with E-state index in [1.807, 2.05) is 12.1 Å². The number of rotatable bonds is 7. The molecule has 10 nitrogen and oxygen atoms in total. The van der Waals surface area contributed by atoms with Crippen LogP contribution in [0.5, 0.6) is 5.88 Å². The summed E-state index contributed by atoms with van der Waals surface area (Å²) in [5.41, 5.74) is 1.21. The summed E-state index contributed by atoms with van der Waals surface area (Å²) in [5, 5.41) is 22.3. The van der Waals surface area contributed by atoms with Gasteiger partial charge in [0, 0.05) is 11.2 Å². The van der Waals surface area contributed by atoms with E-state index in [-0.39, 0.29) is 18.1 Å². The van der Waals surface area contributed by atoms with Gasteiger partial charge in [-0.3, -0.25) is 24.3 Å². The maximum absolute atomic E-state index is 12.1. The molecule has 0 atom stereocenters. The molecule has 3 rings (SSSR count). The quantitative estimate of drug-likeness (QED) is 0.488. The van der Waals surface area contributed by atoms with Gasteiger partial charge < -0.3 is 10.1 Å². The molecule has 3 aromatic rings. The lowest BCUT2D eigenvalue weighted by Gasteiger charge is -2.03. The van der Waals surface area contributed by atoms with E-state index >= 15 is 0 Å². The second-order valence-corrected chi connectivity index (χ2v) is 6.02. The van der Waals surface area contributed by atoms with Gasteiger partial charge in [0.2, 0.25) is 5.91 Å². The highest BCUT2D eigenvalue weighted by atomic mass is 35.5. The first-order valence-corrected chi connectivity index (χ1v) is 8.15. The maximum Gasteiger partial charge on any atom is 0.350 e. The smallest absolute Gasteiger partial charge is 0.350 e. The Morgan fingerprint density at radius 3 is 2.67 bits per heavy atom. The Morgan fingerprint density at radius 2 is 2.04 bits per heavy atom. The topological polar surface area (TPSA) is 117 Å². The number of halogens is 1. The van der Waals surface area contributed by atoms with Gasteiger partial charge in [-0.25, -0.2) is 0 Å². The van der Waals surface area contributed by atoms with Gasteiger partial charge in [0.15, 0.2) is 0 Å². The first-order valence-electron chi connectivity index (χ1n) is 7.77. The van der Waals surface area contributed by atoms with Crippen LogP contribution in [0.25, 0.3) is 0 Å². The molecule has 1 N–H and O–H groups in total. The third kappa shape index (κ3) is 4.61. The number of carbonyl (C=O) groups is 1. The number of methoxy groups -OCH3 is 1. The van der Waals surface area contributed by atoms with Crippen LogP contribution >= 0.6 is 11.6 Å². The van der Waals surface area contributed by atoms with E-state index in [4.69, 9.17) is 16.3 Å². The van der Waals surface area contributed by atoms with E-state index in [0.717, 1.165) is 16.4 Å². The Kier molecular flexibility index (Phi) is 5.36. The number of aromatic nitrogens is 4. The molecule has 0 saturated heterocycles. The summed E-state index contributed by atoms with van der Waals surface area (Å²) in [7, 11) is 1.27. The lowest BCUT2D eigenvalue weighted by Crippen LogP contribution is -2.18. The van der Waals surface area contributed by atoms with E-state index in [2.05, 4.69) is 15.5 Å². The van der Waals surface area contributed by atoms with Crippen molar-refractivity contribution in [3.63, 3.8) is 0 Å². The summed E-state index contributed by atoms with van der Waals surface area (Å²) >= 11 is 5.86. The highest BCUT2D eigenvalue weighted by molar-refractivity contribution is 6.30. The van der Waals surface area contributed by atoms with Gasteiger partial charge in [-0.1, -0.05) is 23.7 Å². The summed E-state index contributed by atoms with van der Waals surface area (Å²) in [6.07, 6.45) is 4.33. The highest BCUT2D eigenvalue weighted by Gasteiger charge is 2.21. The van der Waals surface area contributed by atoms with Crippen molar-refractivity contribution in [1.82, 2.24) is 19.6 Å². The standard InChI is InChI=1S/C16H15ClN6O4/c1-27-16-14(23(25)26)9-22(20-16)10-15(24)19-13-6-18-21(8-13)7-11-2-4-12(17)5-3-11/h2-6,8-9H,7,10H2,1H3,(H,19,24). The second-order valence-electron chi connectivity index (χ2n) is 5.58. The molecule has 0 unspecified atom stereocenters. The number of amides is 1. The van der Waals surface area contributed by atoms with Crippen molar-refractivity contribution < 1.29 is 14.5 Å². The Balaban J connectivity index is 1.61. The Morgan fingerprint density at radius 1 is 1.30 bits per heavy atom. The number of nitrogens with zero attached hydrogens (tertiary/aromatic N) is 5. The molecule has 0 aliphatic heterocycles. The fourth-order valence-electron chi connectivity index (χ4n) is 2.38. The van der Waals surface area contributed by atoms with Gasteiger partial charge in [-0.05, 0) is 17.7 Å². The molecule has 0 bridgehead atoms. The summed E-state index contributed by atoms with van der Waals surface area (Å²) in [4.78, 5) is 22.4. The van der Waals surface area contributed by atoms with Crippen LogP contribution in [0.4, 0.5) is 11.4 Å². The molecule has 0 aliphatic carbocycles. The van der Waals surface area contributed by atoms with Crippen LogP contribution in [0.1, 0.15) is 5.56 Å². The van der Waals surface area contributed by atoms with Crippen molar-refractivity contribution in [2.75, 3.05) is 12.4 Å². The predicted molar refractivity (Wildman–Crippen MR) is 96.8 cm³/mol. The number of hydrogen-bond acceptors (Lipinski definition) is 6. The van der Waals surface area contributed by atoms with Gasteiger partial charge >= 0.3 is 11.6 Å². The average Bonchev–Trinajstić information content (AvgIpc) is 3.23. The number of nitro groups is 1. The fraction of sp³-hybridized carbons (Fsp3) is 0.188. The summed E-state index contributed by atoms with van der Waals surface area (Å²) in [5.74, 6) is -0.551. The minimum Gasteiger partial charge on any atom is -0.475 e. The number of benzene rings is 1. The van der Waals surface area contributed by atoms with Crippen LogP contribution in [0.3, 0.4) is 0 Å². The van der Waals surface area contributed by atoms with Crippen LogP contribution in [0, 0.1) is 10.1 Å². The normalized spacial score (nSPS) is 10.6. The average molecular weight is 391 g/mol. The zero-order valence-corrected chi connectivity index (χ0v) is 15.0. The third-order valence-corrected chi connectivity index (χ3v) is 3.83. The molecule has 11 heteroatoms. The molecule has 1 aromatic carbocycles. The van der Waals surface area contributed by atoms with Gasteiger partial charge in [0.25, 0.3) is 0 Å². The largest absolute Gasteiger partial charge is 0.475 e. The molecule has 140 valence electrons. The number of hydrogen-bond donors (Lipinski definition) is 1. The molecule has 1 amide bonds. The molecular weight excluding hydrogens is 376 g/mol. The van der Waals surface area contributed by atoms with E-state index in [1.54, 1.807) is 23.0 Å². The highest BCUT2D eigenvalue weighted by Crippen LogP contribution is 2.23. The minimum atomic E-state index is -0.624. The first-order chi connectivity index (χ1) is 12.9. The third-order valence-electron chi connectivity index (χ3n) is 3.58. The van der Waals surface area contributed by atoms with Crippen molar-refractivity contribution in [3.8, 4) is 5.88 Å². The molecule has 27 heavy (non-hydrogen) atoms. The Labute approximate surface area is 158 Å². The minimum absolute atomic E-state index is 0.149. The van der Waals surface area contributed by atoms with E-state index < -0.39 is 10.8 Å². The molecule has 0 spiro atoms. The molecule has 0 radical (unpaired) electrons. The van der Waals surface area contributed by atoms with Crippen LogP contribution in [-0.4, -0.2) is 37.5 Å². The van der Waals surface area contributed by atoms with Crippen LogP contribution < -0.4 is 10.1 Å². The van der Waals surface area contributed by atoms with Crippen molar-refractivity contribution in [3.05, 3.63) is 63.6 Å². The van der Waals surface area contributed by atoms with Crippen molar-refractivity contribution in [2.24, 2.45) is 0 Å². The molecule has 2 aromatic heterocycles. The van der Waals surface area contributed by atoms with Crippen molar-refractivity contribution in [2.45, 2.75) is 13.1 Å².